The van der Waals surface area contributed by atoms with E-state index in [1.54, 1.807) is 0 Å². The first-order valence-corrected chi connectivity index (χ1v) is 14.1. The second-order valence-electron chi connectivity index (χ2n) is 11.3. The molecule has 0 amide bonds. The third kappa shape index (κ3) is 4.35. The van der Waals surface area contributed by atoms with Crippen LogP contribution in [0.1, 0.15) is 36.8 Å². The standard InChI is InChI=1S/C30H22Cl2F4N2O5/c31-17-1-3-21(23(33)13-17)27(9-10-27)29(7-5-19(37(39)40)15-25(29)35)43-30(8-6-20(38(41)42)16-26(30)36)28(11-12-28)22-4-2-18(32)14-24(22)34/h1-8,13-16,25-26H,9-12H2. The SMILES string of the molecule is O=[N+]([O-])C1=CC(F)C(OC2(C3(c4ccc(Cl)cc4F)CC3)C=CC([N+](=O)[O-])=CC2F)(C2(c3ccc(Cl)cc3F)CC2)C=C1. The van der Waals surface area contributed by atoms with Crippen molar-refractivity contribution < 1.29 is 32.1 Å². The number of allylic oxidation sites excluding steroid dienone is 2. The van der Waals surface area contributed by atoms with Gasteiger partial charge in [0.2, 0.25) is 0 Å². The summed E-state index contributed by atoms with van der Waals surface area (Å²) in [6.07, 6.45) is 1.61. The van der Waals surface area contributed by atoms with Gasteiger partial charge in [-0.2, -0.15) is 0 Å². The van der Waals surface area contributed by atoms with Gasteiger partial charge in [0.25, 0.3) is 11.4 Å². The fourth-order valence-corrected chi connectivity index (χ4v) is 7.07. The maximum Gasteiger partial charge on any atom is 0.268 e. The summed E-state index contributed by atoms with van der Waals surface area (Å²) >= 11 is 12.0. The zero-order valence-electron chi connectivity index (χ0n) is 22.1. The van der Waals surface area contributed by atoms with E-state index < -0.39 is 67.3 Å². The molecule has 4 aliphatic carbocycles. The van der Waals surface area contributed by atoms with Gasteiger partial charge >= 0.3 is 0 Å². The summed E-state index contributed by atoms with van der Waals surface area (Å²) in [5, 5.41) is 23.3. The summed E-state index contributed by atoms with van der Waals surface area (Å²) in [5.41, 5.74) is -8.68. The number of ether oxygens (including phenoxy) is 1. The molecule has 0 aliphatic heterocycles. The van der Waals surface area contributed by atoms with E-state index in [2.05, 4.69) is 0 Å². The van der Waals surface area contributed by atoms with E-state index in [4.69, 9.17) is 27.9 Å². The molecule has 13 heteroatoms. The lowest BCUT2D eigenvalue weighted by Crippen LogP contribution is -2.63. The predicted octanol–water partition coefficient (Wildman–Crippen LogP) is 7.67. The van der Waals surface area contributed by atoms with Crippen molar-refractivity contribution in [3.63, 3.8) is 0 Å². The number of alkyl halides is 2. The van der Waals surface area contributed by atoms with Crippen molar-refractivity contribution in [3.05, 3.63) is 137 Å². The molecule has 0 radical (unpaired) electrons. The van der Waals surface area contributed by atoms with Crippen LogP contribution in [0.5, 0.6) is 0 Å². The molecule has 43 heavy (non-hydrogen) atoms. The maximum absolute atomic E-state index is 16.7. The average molecular weight is 637 g/mol. The highest BCUT2D eigenvalue weighted by Gasteiger charge is 2.73. The molecule has 4 unspecified atom stereocenters. The highest BCUT2D eigenvalue weighted by molar-refractivity contribution is 6.30. The minimum atomic E-state index is -2.31. The molecule has 0 heterocycles. The number of hydrogen-bond acceptors (Lipinski definition) is 5. The summed E-state index contributed by atoms with van der Waals surface area (Å²) in [4.78, 5) is 21.5. The molecule has 0 N–H and O–H groups in total. The number of nitrogens with zero attached hydrogens (tertiary/aromatic N) is 2. The van der Waals surface area contributed by atoms with Crippen molar-refractivity contribution in [2.75, 3.05) is 0 Å². The normalized spacial score (nSPS) is 29.9. The van der Waals surface area contributed by atoms with E-state index in [9.17, 15) is 20.2 Å². The second kappa shape index (κ2) is 10.0. The van der Waals surface area contributed by atoms with Crippen LogP contribution in [0.25, 0.3) is 0 Å². The van der Waals surface area contributed by atoms with Crippen LogP contribution in [0.2, 0.25) is 10.0 Å². The molecule has 4 aliphatic rings. The zero-order valence-corrected chi connectivity index (χ0v) is 23.6. The van der Waals surface area contributed by atoms with Gasteiger partial charge in [-0.15, -0.1) is 0 Å². The Morgan fingerprint density at radius 3 is 1.37 bits per heavy atom. The third-order valence-electron chi connectivity index (χ3n) is 9.11. The number of hydrogen-bond donors (Lipinski definition) is 0. The molecule has 2 aromatic rings. The van der Waals surface area contributed by atoms with Crippen LogP contribution in [-0.4, -0.2) is 33.4 Å². The van der Waals surface area contributed by atoms with Crippen LogP contribution in [-0.2, 0) is 15.6 Å². The van der Waals surface area contributed by atoms with E-state index >= 15 is 17.6 Å². The molecule has 7 nitrogen and oxygen atoms in total. The van der Waals surface area contributed by atoms with Crippen LogP contribution < -0.4 is 0 Å². The van der Waals surface area contributed by atoms with Crippen molar-refractivity contribution in [3.8, 4) is 0 Å². The van der Waals surface area contributed by atoms with Crippen LogP contribution in [0, 0.1) is 31.9 Å². The Labute approximate surface area is 252 Å². The van der Waals surface area contributed by atoms with Crippen molar-refractivity contribution >= 4 is 23.2 Å². The molecular formula is C30H22Cl2F4N2O5. The molecule has 0 saturated heterocycles. The predicted molar refractivity (Wildman–Crippen MR) is 149 cm³/mol. The van der Waals surface area contributed by atoms with Crippen molar-refractivity contribution in [1.82, 2.24) is 0 Å². The van der Waals surface area contributed by atoms with E-state index in [0.29, 0.717) is 12.2 Å². The quantitative estimate of drug-likeness (QED) is 0.168. The number of nitro groups is 2. The van der Waals surface area contributed by atoms with Gasteiger partial charge in [0.05, 0.1) is 9.85 Å². The molecule has 6 rings (SSSR count). The Bertz CT molecular complexity index is 1560. The van der Waals surface area contributed by atoms with Gasteiger partial charge in [-0.05, 0) is 73.2 Å². The summed E-state index contributed by atoms with van der Waals surface area (Å²) in [6, 6.07) is 7.59. The Morgan fingerprint density at radius 1 is 0.721 bits per heavy atom. The van der Waals surface area contributed by atoms with Crippen molar-refractivity contribution in [2.45, 2.75) is 60.1 Å². The van der Waals surface area contributed by atoms with Crippen molar-refractivity contribution in [2.24, 2.45) is 0 Å². The fraction of sp³-hybridized carbons (Fsp3) is 0.333. The molecule has 224 valence electrons. The van der Waals surface area contributed by atoms with E-state index in [-0.39, 0.29) is 46.9 Å². The molecule has 2 saturated carbocycles. The largest absolute Gasteiger partial charge is 0.352 e. The molecular weight excluding hydrogens is 615 g/mol. The summed E-state index contributed by atoms with van der Waals surface area (Å²) in [6.45, 7) is 0. The summed E-state index contributed by atoms with van der Waals surface area (Å²) in [5.74, 6) is -1.58. The Balaban J connectivity index is 1.59. The van der Waals surface area contributed by atoms with Crippen LogP contribution in [0.4, 0.5) is 17.6 Å². The molecule has 0 aromatic heterocycles. The lowest BCUT2D eigenvalue weighted by molar-refractivity contribution is -0.420. The van der Waals surface area contributed by atoms with Crippen LogP contribution >= 0.6 is 23.2 Å². The highest BCUT2D eigenvalue weighted by Crippen LogP contribution is 2.67. The second-order valence-corrected chi connectivity index (χ2v) is 12.1. The molecule has 2 aromatic carbocycles. The number of rotatable bonds is 8. The minimum Gasteiger partial charge on any atom is -0.352 e. The lowest BCUT2D eigenvalue weighted by Gasteiger charge is -2.52. The van der Waals surface area contributed by atoms with Gasteiger partial charge in [-0.1, -0.05) is 35.3 Å². The smallest absolute Gasteiger partial charge is 0.268 e. The number of halogens is 6. The molecule has 0 bridgehead atoms. The summed E-state index contributed by atoms with van der Waals surface area (Å²) < 4.78 is 71.0. The van der Waals surface area contributed by atoms with Gasteiger partial charge in [0.1, 0.15) is 22.8 Å². The van der Waals surface area contributed by atoms with Crippen molar-refractivity contribution in [1.29, 1.82) is 0 Å². The zero-order chi connectivity index (χ0) is 30.9. The minimum absolute atomic E-state index is 0.00320. The van der Waals surface area contributed by atoms with Gasteiger partial charge in [-0.25, -0.2) is 17.6 Å². The lowest BCUT2D eigenvalue weighted by atomic mass is 9.69. The van der Waals surface area contributed by atoms with Gasteiger partial charge in [0, 0.05) is 45.2 Å². The van der Waals surface area contributed by atoms with E-state index in [1.807, 2.05) is 0 Å². The van der Waals surface area contributed by atoms with E-state index in [1.165, 1.54) is 24.3 Å². The van der Waals surface area contributed by atoms with Crippen LogP contribution in [0.3, 0.4) is 0 Å². The summed E-state index contributed by atoms with van der Waals surface area (Å²) in [7, 11) is 0. The van der Waals surface area contributed by atoms with Gasteiger partial charge in [0.15, 0.2) is 12.3 Å². The van der Waals surface area contributed by atoms with Crippen LogP contribution in [0.15, 0.2) is 84.2 Å². The first-order chi connectivity index (χ1) is 20.3. The first-order valence-electron chi connectivity index (χ1n) is 13.3. The van der Waals surface area contributed by atoms with E-state index in [0.717, 1.165) is 36.4 Å². The third-order valence-corrected chi connectivity index (χ3v) is 9.58. The monoisotopic (exact) mass is 636 g/mol. The maximum atomic E-state index is 16.7. The topological polar surface area (TPSA) is 95.5 Å². The Kier molecular flexibility index (Phi) is 6.87. The Morgan fingerprint density at radius 2 is 1.09 bits per heavy atom. The van der Waals surface area contributed by atoms with Gasteiger partial charge < -0.3 is 4.74 Å². The molecule has 4 atom stereocenters. The highest BCUT2D eigenvalue weighted by atomic mass is 35.5. The molecule has 2 fully saturated rings. The fourth-order valence-electron chi connectivity index (χ4n) is 6.75. The average Bonchev–Trinajstić information content (AvgIpc) is 3.86. The van der Waals surface area contributed by atoms with Gasteiger partial charge in [-0.3, -0.25) is 20.2 Å². The first kappa shape index (κ1) is 29.5. The molecule has 0 spiro atoms. The Hall–Kier alpha value is -3.54. The number of benzene rings is 2.